The molecular weight excluding hydrogens is 410 g/mol. The Morgan fingerprint density at radius 2 is 1.94 bits per heavy atom. The Hall–Kier alpha value is -3.19. The van der Waals surface area contributed by atoms with Gasteiger partial charge in [-0.2, -0.15) is 0 Å². The number of nitrogens with one attached hydrogen (secondary N) is 1. The number of aromatic nitrogens is 1. The van der Waals surface area contributed by atoms with Crippen molar-refractivity contribution in [1.82, 2.24) is 4.98 Å². The maximum absolute atomic E-state index is 12.7. The summed E-state index contributed by atoms with van der Waals surface area (Å²) in [6.45, 7) is 6.53. The molecule has 1 aliphatic heterocycles. The predicted octanol–water partition coefficient (Wildman–Crippen LogP) is 5.01. The average molecular weight is 436 g/mol. The van der Waals surface area contributed by atoms with E-state index in [1.807, 2.05) is 49.3 Å². The fourth-order valence-corrected chi connectivity index (χ4v) is 4.35. The maximum Gasteiger partial charge on any atom is 0.261 e. The second-order valence-electron chi connectivity index (χ2n) is 8.49. The first-order valence-corrected chi connectivity index (χ1v) is 11.0. The van der Waals surface area contributed by atoms with Crippen molar-refractivity contribution in [3.05, 3.63) is 59.0 Å². The molecule has 0 bridgehead atoms. The molecule has 0 unspecified atom stereocenters. The Kier molecular flexibility index (Phi) is 5.54. The van der Waals surface area contributed by atoms with Gasteiger partial charge in [0.1, 0.15) is 5.75 Å². The Morgan fingerprint density at radius 3 is 2.68 bits per heavy atom. The van der Waals surface area contributed by atoms with Crippen LogP contribution in [0.25, 0.3) is 11.3 Å². The topological polar surface area (TPSA) is 71.5 Å². The molecule has 3 aromatic rings. The van der Waals surface area contributed by atoms with Crippen molar-refractivity contribution in [2.45, 2.75) is 27.2 Å². The van der Waals surface area contributed by atoms with Crippen LogP contribution in [0.3, 0.4) is 0 Å². The SMILES string of the molecule is COc1ccccc1C(=O)Nc1nc(-c2ccc3c(c2)CCN3C(=O)C(C)(C)C)cs1. The van der Waals surface area contributed by atoms with E-state index in [9.17, 15) is 9.59 Å². The predicted molar refractivity (Wildman–Crippen MR) is 124 cm³/mol. The van der Waals surface area contributed by atoms with Crippen molar-refractivity contribution in [1.29, 1.82) is 0 Å². The molecule has 160 valence electrons. The summed E-state index contributed by atoms with van der Waals surface area (Å²) in [5.41, 5.74) is 3.93. The highest BCUT2D eigenvalue weighted by Gasteiger charge is 2.32. The largest absolute Gasteiger partial charge is 0.496 e. The van der Waals surface area contributed by atoms with Crippen molar-refractivity contribution in [2.75, 3.05) is 23.9 Å². The number of carbonyl (C=O) groups is 2. The molecule has 2 amide bonds. The number of methoxy groups -OCH3 is 1. The molecule has 0 radical (unpaired) electrons. The molecule has 0 aliphatic carbocycles. The van der Waals surface area contributed by atoms with Gasteiger partial charge in [0.25, 0.3) is 5.91 Å². The summed E-state index contributed by atoms with van der Waals surface area (Å²) in [4.78, 5) is 31.8. The van der Waals surface area contributed by atoms with Crippen LogP contribution in [0, 0.1) is 5.41 Å². The van der Waals surface area contributed by atoms with E-state index < -0.39 is 5.41 Å². The summed E-state index contributed by atoms with van der Waals surface area (Å²) in [5.74, 6) is 0.391. The highest BCUT2D eigenvalue weighted by atomic mass is 32.1. The zero-order valence-corrected chi connectivity index (χ0v) is 18.9. The van der Waals surface area contributed by atoms with Gasteiger partial charge in [0.15, 0.2) is 5.13 Å². The lowest BCUT2D eigenvalue weighted by Gasteiger charge is -2.26. The minimum Gasteiger partial charge on any atom is -0.496 e. The van der Waals surface area contributed by atoms with Gasteiger partial charge < -0.3 is 9.64 Å². The molecule has 0 fully saturated rings. The molecule has 0 atom stereocenters. The van der Waals surface area contributed by atoms with Crippen LogP contribution in [-0.4, -0.2) is 30.5 Å². The van der Waals surface area contributed by atoms with Gasteiger partial charge in [-0.25, -0.2) is 4.98 Å². The van der Waals surface area contributed by atoms with Crippen molar-refractivity contribution in [2.24, 2.45) is 5.41 Å². The summed E-state index contributed by atoms with van der Waals surface area (Å²) >= 11 is 1.37. The lowest BCUT2D eigenvalue weighted by Crippen LogP contribution is -2.38. The first-order chi connectivity index (χ1) is 14.8. The van der Waals surface area contributed by atoms with E-state index in [0.29, 0.717) is 23.0 Å². The fraction of sp³-hybridized carbons (Fsp3) is 0.292. The van der Waals surface area contributed by atoms with Crippen molar-refractivity contribution >= 4 is 34.0 Å². The number of thiazole rings is 1. The van der Waals surface area contributed by atoms with E-state index >= 15 is 0 Å². The van der Waals surface area contributed by atoms with Gasteiger partial charge in [-0.05, 0) is 36.2 Å². The lowest BCUT2D eigenvalue weighted by atomic mass is 9.94. The molecule has 1 aromatic heterocycles. The van der Waals surface area contributed by atoms with E-state index in [1.165, 1.54) is 18.4 Å². The molecular formula is C24H25N3O3S. The molecule has 7 heteroatoms. The van der Waals surface area contributed by atoms with Gasteiger partial charge in [0, 0.05) is 28.6 Å². The first kappa shape index (κ1) is 21.1. The highest BCUT2D eigenvalue weighted by Crippen LogP contribution is 2.35. The minimum absolute atomic E-state index is 0.133. The van der Waals surface area contributed by atoms with Crippen LogP contribution in [0.5, 0.6) is 5.75 Å². The number of carbonyl (C=O) groups excluding carboxylic acids is 2. The van der Waals surface area contributed by atoms with Crippen LogP contribution in [0.15, 0.2) is 47.8 Å². The zero-order chi connectivity index (χ0) is 22.2. The summed E-state index contributed by atoms with van der Waals surface area (Å²) in [6, 6.07) is 13.1. The Bertz CT molecular complexity index is 1150. The molecule has 1 N–H and O–H groups in total. The van der Waals surface area contributed by atoms with Crippen LogP contribution in [0.4, 0.5) is 10.8 Å². The van der Waals surface area contributed by atoms with Crippen molar-refractivity contribution in [3.8, 4) is 17.0 Å². The van der Waals surface area contributed by atoms with Crippen LogP contribution in [0.2, 0.25) is 0 Å². The van der Waals surface area contributed by atoms with Gasteiger partial charge in [0.05, 0.1) is 18.4 Å². The summed E-state index contributed by atoms with van der Waals surface area (Å²) < 4.78 is 5.26. The Balaban J connectivity index is 1.53. The van der Waals surface area contributed by atoms with Gasteiger partial charge in [-0.15, -0.1) is 11.3 Å². The maximum atomic E-state index is 12.7. The van der Waals surface area contributed by atoms with E-state index in [-0.39, 0.29) is 11.8 Å². The van der Waals surface area contributed by atoms with Crippen molar-refractivity contribution in [3.63, 3.8) is 0 Å². The second-order valence-corrected chi connectivity index (χ2v) is 9.35. The van der Waals surface area contributed by atoms with Crippen LogP contribution < -0.4 is 15.0 Å². The zero-order valence-electron chi connectivity index (χ0n) is 18.1. The molecule has 2 heterocycles. The smallest absolute Gasteiger partial charge is 0.261 e. The fourth-order valence-electron chi connectivity index (χ4n) is 3.64. The van der Waals surface area contributed by atoms with Crippen LogP contribution >= 0.6 is 11.3 Å². The van der Waals surface area contributed by atoms with Gasteiger partial charge >= 0.3 is 0 Å². The second kappa shape index (κ2) is 8.15. The van der Waals surface area contributed by atoms with E-state index in [0.717, 1.165) is 28.9 Å². The first-order valence-electron chi connectivity index (χ1n) is 10.1. The number of amides is 2. The number of fused-ring (bicyclic) bond motifs is 1. The molecule has 2 aromatic carbocycles. The molecule has 4 rings (SSSR count). The number of rotatable bonds is 4. The summed E-state index contributed by atoms with van der Waals surface area (Å²) in [5, 5.41) is 5.30. The molecule has 31 heavy (non-hydrogen) atoms. The number of para-hydroxylation sites is 1. The number of nitrogens with zero attached hydrogens (tertiary/aromatic N) is 2. The normalized spacial score (nSPS) is 13.1. The Labute approximate surface area is 185 Å². The Morgan fingerprint density at radius 1 is 1.16 bits per heavy atom. The summed E-state index contributed by atoms with van der Waals surface area (Å²) in [7, 11) is 1.54. The van der Waals surface area contributed by atoms with Crippen LogP contribution in [0.1, 0.15) is 36.7 Å². The third-order valence-electron chi connectivity index (χ3n) is 5.23. The molecule has 0 saturated carbocycles. The molecule has 0 spiro atoms. The quantitative estimate of drug-likeness (QED) is 0.626. The van der Waals surface area contributed by atoms with Gasteiger partial charge in [-0.3, -0.25) is 14.9 Å². The lowest BCUT2D eigenvalue weighted by molar-refractivity contribution is -0.125. The van der Waals surface area contributed by atoms with E-state index in [2.05, 4.69) is 16.4 Å². The average Bonchev–Trinajstić information content (AvgIpc) is 3.38. The number of hydrogen-bond donors (Lipinski definition) is 1. The molecule has 0 saturated heterocycles. The third-order valence-corrected chi connectivity index (χ3v) is 5.99. The summed E-state index contributed by atoms with van der Waals surface area (Å²) in [6.07, 6.45) is 0.826. The number of anilines is 2. The van der Waals surface area contributed by atoms with Crippen molar-refractivity contribution < 1.29 is 14.3 Å². The van der Waals surface area contributed by atoms with E-state index in [1.54, 1.807) is 18.2 Å². The third kappa shape index (κ3) is 4.18. The van der Waals surface area contributed by atoms with E-state index in [4.69, 9.17) is 4.74 Å². The monoisotopic (exact) mass is 435 g/mol. The number of ether oxygens (including phenoxy) is 1. The number of hydrogen-bond acceptors (Lipinski definition) is 5. The molecule has 6 nitrogen and oxygen atoms in total. The van der Waals surface area contributed by atoms with Crippen LogP contribution in [-0.2, 0) is 11.2 Å². The highest BCUT2D eigenvalue weighted by molar-refractivity contribution is 7.14. The van der Waals surface area contributed by atoms with Gasteiger partial charge in [0.2, 0.25) is 5.91 Å². The molecule has 1 aliphatic rings. The number of benzene rings is 2. The van der Waals surface area contributed by atoms with Gasteiger partial charge in [-0.1, -0.05) is 39.0 Å². The minimum atomic E-state index is -0.413. The standard InChI is InChI=1S/C24H25N3O3S/c1-24(2,3)22(29)27-12-11-16-13-15(9-10-19(16)27)18-14-31-23(25-18)26-21(28)17-7-5-6-8-20(17)30-4/h5-10,13-14H,11-12H2,1-4H3,(H,25,26,28).